The van der Waals surface area contributed by atoms with Crippen molar-refractivity contribution < 1.29 is 0 Å². The summed E-state index contributed by atoms with van der Waals surface area (Å²) in [5.74, 6) is 0.650. The minimum Gasteiger partial charge on any atom is -0.338 e. The number of nitrogens with zero attached hydrogens (tertiary/aromatic N) is 3. The van der Waals surface area contributed by atoms with E-state index in [1.807, 2.05) is 30.5 Å². The number of pyridine rings is 1. The fourth-order valence-corrected chi connectivity index (χ4v) is 2.89. The summed E-state index contributed by atoms with van der Waals surface area (Å²) < 4.78 is 0.946. The van der Waals surface area contributed by atoms with Crippen LogP contribution >= 0.6 is 39.3 Å². The molecule has 0 radical (unpaired) electrons. The fraction of sp³-hybridized carbons (Fsp3) is 0.0714. The molecule has 1 aromatic carbocycles. The summed E-state index contributed by atoms with van der Waals surface area (Å²) >= 11 is 10.9. The van der Waals surface area contributed by atoms with Crippen LogP contribution in [0.25, 0.3) is 10.9 Å². The molecule has 106 valence electrons. The molecule has 0 saturated heterocycles. The maximum absolute atomic E-state index is 6.01. The Kier molecular flexibility index (Phi) is 4.28. The van der Waals surface area contributed by atoms with Crippen LogP contribution in [0.3, 0.4) is 0 Å². The lowest BCUT2D eigenvalue weighted by Crippen LogP contribution is -1.98. The summed E-state index contributed by atoms with van der Waals surface area (Å²) in [4.78, 5) is 13.0. The molecule has 2 aromatic heterocycles. The smallest absolute Gasteiger partial charge is 0.190 e. The Bertz CT molecular complexity index is 812. The third-order valence-corrected chi connectivity index (χ3v) is 3.97. The second kappa shape index (κ2) is 6.17. The van der Waals surface area contributed by atoms with Gasteiger partial charge in [-0.2, -0.15) is 0 Å². The molecule has 2 heterocycles. The highest BCUT2D eigenvalue weighted by atomic mass is 79.9. The van der Waals surface area contributed by atoms with Crippen LogP contribution in [-0.4, -0.2) is 21.2 Å². The first-order chi connectivity index (χ1) is 10.2. The normalized spacial score (nSPS) is 10.8. The van der Waals surface area contributed by atoms with Crippen molar-refractivity contribution in [3.8, 4) is 0 Å². The number of hydrogen-bond donors (Lipinski definition) is 1. The summed E-state index contributed by atoms with van der Waals surface area (Å²) in [6, 6.07) is 9.65. The summed E-state index contributed by atoms with van der Waals surface area (Å²) in [5.41, 5.74) is 1.75. The lowest BCUT2D eigenvalue weighted by atomic mass is 10.2. The molecular formula is C14H10BrClN4S. The molecule has 0 saturated carbocycles. The molecule has 0 amide bonds. The largest absolute Gasteiger partial charge is 0.338 e. The van der Waals surface area contributed by atoms with Gasteiger partial charge in [0.1, 0.15) is 11.0 Å². The van der Waals surface area contributed by atoms with Gasteiger partial charge < -0.3 is 5.32 Å². The Labute approximate surface area is 139 Å². The molecule has 3 rings (SSSR count). The van der Waals surface area contributed by atoms with Crippen LogP contribution in [0.1, 0.15) is 0 Å². The number of thioether (sulfide) groups is 1. The van der Waals surface area contributed by atoms with E-state index in [2.05, 4.69) is 36.2 Å². The van der Waals surface area contributed by atoms with Crippen molar-refractivity contribution in [2.24, 2.45) is 0 Å². The molecule has 4 nitrogen and oxygen atoms in total. The van der Waals surface area contributed by atoms with E-state index in [0.29, 0.717) is 16.1 Å². The number of rotatable bonds is 3. The monoisotopic (exact) mass is 380 g/mol. The zero-order chi connectivity index (χ0) is 14.8. The molecule has 0 aliphatic rings. The Morgan fingerprint density at radius 2 is 2.10 bits per heavy atom. The molecule has 0 fully saturated rings. The SMILES string of the molecule is CSc1nc(Cl)cc(Nc2cccc3cc(Br)cnc23)n1. The first-order valence-corrected chi connectivity index (χ1v) is 8.45. The van der Waals surface area contributed by atoms with E-state index in [9.17, 15) is 0 Å². The molecule has 3 aromatic rings. The minimum absolute atomic E-state index is 0.410. The van der Waals surface area contributed by atoms with Gasteiger partial charge in [-0.1, -0.05) is 35.5 Å². The molecule has 21 heavy (non-hydrogen) atoms. The number of hydrogen-bond acceptors (Lipinski definition) is 5. The Hall–Kier alpha value is -1.37. The Balaban J connectivity index is 2.04. The quantitative estimate of drug-likeness (QED) is 0.397. The fourth-order valence-electron chi connectivity index (χ4n) is 1.92. The molecule has 0 aliphatic carbocycles. The number of halogens is 2. The van der Waals surface area contributed by atoms with Crippen LogP contribution in [0.5, 0.6) is 0 Å². The van der Waals surface area contributed by atoms with Crippen LogP contribution in [0.4, 0.5) is 11.5 Å². The third kappa shape index (κ3) is 3.28. The molecule has 0 spiro atoms. The predicted molar refractivity (Wildman–Crippen MR) is 91.5 cm³/mol. The minimum atomic E-state index is 0.410. The summed E-state index contributed by atoms with van der Waals surface area (Å²) in [5, 5.41) is 5.33. The van der Waals surface area contributed by atoms with Crippen molar-refractivity contribution in [3.05, 3.63) is 46.2 Å². The lowest BCUT2D eigenvalue weighted by molar-refractivity contribution is 0.976. The van der Waals surface area contributed by atoms with Crippen LogP contribution in [0, 0.1) is 0 Å². The Morgan fingerprint density at radius 1 is 1.24 bits per heavy atom. The van der Waals surface area contributed by atoms with E-state index in [-0.39, 0.29) is 0 Å². The van der Waals surface area contributed by atoms with Gasteiger partial charge in [0.15, 0.2) is 5.16 Å². The van der Waals surface area contributed by atoms with Gasteiger partial charge >= 0.3 is 0 Å². The number of benzene rings is 1. The number of fused-ring (bicyclic) bond motifs is 1. The molecule has 0 unspecified atom stereocenters. The van der Waals surface area contributed by atoms with Gasteiger partial charge in [-0.05, 0) is 34.3 Å². The highest BCUT2D eigenvalue weighted by Crippen LogP contribution is 2.27. The summed E-state index contributed by atoms with van der Waals surface area (Å²) in [6.07, 6.45) is 3.68. The second-order valence-corrected chi connectivity index (χ2v) is 6.29. The Morgan fingerprint density at radius 3 is 2.90 bits per heavy atom. The first kappa shape index (κ1) is 14.6. The molecule has 0 aliphatic heterocycles. The number of anilines is 2. The average molecular weight is 382 g/mol. The lowest BCUT2D eigenvalue weighted by Gasteiger charge is -2.09. The molecular weight excluding hydrogens is 372 g/mol. The van der Waals surface area contributed by atoms with E-state index in [4.69, 9.17) is 11.6 Å². The molecule has 0 atom stereocenters. The third-order valence-electron chi connectivity index (χ3n) is 2.80. The molecule has 0 bridgehead atoms. The van der Waals surface area contributed by atoms with Crippen LogP contribution in [0.2, 0.25) is 5.15 Å². The van der Waals surface area contributed by atoms with Gasteiger partial charge in [-0.3, -0.25) is 4.98 Å². The summed E-state index contributed by atoms with van der Waals surface area (Å²) in [7, 11) is 0. The average Bonchev–Trinajstić information content (AvgIpc) is 2.46. The van der Waals surface area contributed by atoms with E-state index < -0.39 is 0 Å². The highest BCUT2D eigenvalue weighted by molar-refractivity contribution is 9.10. The van der Waals surface area contributed by atoms with Gasteiger partial charge in [0, 0.05) is 22.1 Å². The predicted octanol–water partition coefficient (Wildman–Crippen LogP) is 4.91. The maximum Gasteiger partial charge on any atom is 0.190 e. The standard InChI is InChI=1S/C14H10BrClN4S/c1-21-14-19-11(16)6-12(20-14)18-10-4-2-3-8-5-9(15)7-17-13(8)10/h2-7H,1H3,(H,18,19,20). The second-order valence-electron chi connectivity index (χ2n) is 4.22. The molecule has 7 heteroatoms. The zero-order valence-corrected chi connectivity index (χ0v) is 14.1. The van der Waals surface area contributed by atoms with Gasteiger partial charge in [0.05, 0.1) is 11.2 Å². The van der Waals surface area contributed by atoms with Crippen molar-refractivity contribution >= 4 is 61.7 Å². The van der Waals surface area contributed by atoms with E-state index in [0.717, 1.165) is 21.1 Å². The van der Waals surface area contributed by atoms with Gasteiger partial charge in [-0.15, -0.1) is 0 Å². The van der Waals surface area contributed by atoms with Gasteiger partial charge in [0.2, 0.25) is 0 Å². The topological polar surface area (TPSA) is 50.7 Å². The van der Waals surface area contributed by atoms with Crippen LogP contribution in [-0.2, 0) is 0 Å². The van der Waals surface area contributed by atoms with Crippen molar-refractivity contribution in [1.82, 2.24) is 15.0 Å². The van der Waals surface area contributed by atoms with E-state index in [1.165, 1.54) is 11.8 Å². The summed E-state index contributed by atoms with van der Waals surface area (Å²) in [6.45, 7) is 0. The van der Waals surface area contributed by atoms with Crippen molar-refractivity contribution in [1.29, 1.82) is 0 Å². The van der Waals surface area contributed by atoms with Crippen LogP contribution < -0.4 is 5.32 Å². The van der Waals surface area contributed by atoms with Crippen molar-refractivity contribution in [3.63, 3.8) is 0 Å². The zero-order valence-electron chi connectivity index (χ0n) is 11.0. The number of aromatic nitrogens is 3. The van der Waals surface area contributed by atoms with Crippen molar-refractivity contribution in [2.45, 2.75) is 5.16 Å². The molecule has 1 N–H and O–H groups in total. The van der Waals surface area contributed by atoms with Crippen molar-refractivity contribution in [2.75, 3.05) is 11.6 Å². The van der Waals surface area contributed by atoms with Crippen LogP contribution in [0.15, 0.2) is 46.2 Å². The first-order valence-electron chi connectivity index (χ1n) is 6.05. The van der Waals surface area contributed by atoms with E-state index >= 15 is 0 Å². The number of para-hydroxylation sites is 1. The maximum atomic E-state index is 6.01. The van der Waals surface area contributed by atoms with Gasteiger partial charge in [0.25, 0.3) is 0 Å². The number of nitrogens with one attached hydrogen (secondary N) is 1. The highest BCUT2D eigenvalue weighted by Gasteiger charge is 2.06. The van der Waals surface area contributed by atoms with E-state index in [1.54, 1.807) is 12.3 Å². The van der Waals surface area contributed by atoms with Gasteiger partial charge in [-0.25, -0.2) is 9.97 Å².